The number of nitrogens with one attached hydrogen (secondary N) is 1. The first-order valence-electron chi connectivity index (χ1n) is 7.09. The van der Waals surface area contributed by atoms with Gasteiger partial charge in [-0.2, -0.15) is 0 Å². The van der Waals surface area contributed by atoms with E-state index in [1.54, 1.807) is 0 Å². The van der Waals surface area contributed by atoms with Gasteiger partial charge in [-0.15, -0.1) is 0 Å². The molecule has 0 radical (unpaired) electrons. The maximum Gasteiger partial charge on any atom is 0.329 e. The van der Waals surface area contributed by atoms with Crippen molar-refractivity contribution < 1.29 is 14.7 Å². The minimum Gasteiger partial charge on any atom is -0.480 e. The molecule has 0 bridgehead atoms. The van der Waals surface area contributed by atoms with Crippen molar-refractivity contribution in [2.45, 2.75) is 63.8 Å². The predicted octanol–water partition coefficient (Wildman–Crippen LogP) is 2.33. The van der Waals surface area contributed by atoms with E-state index in [9.17, 15) is 9.59 Å². The van der Waals surface area contributed by atoms with E-state index >= 15 is 0 Å². The van der Waals surface area contributed by atoms with Crippen LogP contribution in [0.15, 0.2) is 0 Å². The maximum absolute atomic E-state index is 12.0. The third-order valence-electron chi connectivity index (χ3n) is 4.38. The van der Waals surface area contributed by atoms with Gasteiger partial charge in [-0.25, -0.2) is 4.79 Å². The van der Waals surface area contributed by atoms with Crippen LogP contribution in [-0.2, 0) is 9.59 Å². The molecule has 0 aromatic heterocycles. The second-order valence-electron chi connectivity index (χ2n) is 6.02. The van der Waals surface area contributed by atoms with E-state index < -0.39 is 11.5 Å². The second kappa shape index (κ2) is 5.29. The Labute approximate surface area is 108 Å². The first-order chi connectivity index (χ1) is 8.53. The van der Waals surface area contributed by atoms with Gasteiger partial charge >= 0.3 is 5.97 Å². The molecule has 2 rings (SSSR count). The summed E-state index contributed by atoms with van der Waals surface area (Å²) < 4.78 is 0. The molecule has 1 amide bonds. The lowest BCUT2D eigenvalue weighted by molar-refractivity contribution is -0.143. The number of amides is 1. The molecule has 0 heterocycles. The van der Waals surface area contributed by atoms with E-state index in [1.165, 1.54) is 32.1 Å². The molecular weight excluding hydrogens is 230 g/mol. The van der Waals surface area contributed by atoms with Crippen molar-refractivity contribution >= 4 is 11.9 Å². The standard InChI is InChI=1S/C14H23NO3/c1-10(9-11-5-3-2-4-6-11)12(16)15-14(7-8-14)13(17)18/h10-11H,2-9H2,1H3,(H,15,16)(H,17,18). The van der Waals surface area contributed by atoms with Crippen LogP contribution in [0.1, 0.15) is 58.3 Å². The van der Waals surface area contributed by atoms with Gasteiger partial charge in [-0.1, -0.05) is 39.0 Å². The van der Waals surface area contributed by atoms with Gasteiger partial charge in [0.1, 0.15) is 5.54 Å². The fraction of sp³-hybridized carbons (Fsp3) is 0.857. The van der Waals surface area contributed by atoms with E-state index in [1.807, 2.05) is 6.92 Å². The van der Waals surface area contributed by atoms with Gasteiger partial charge in [0.25, 0.3) is 0 Å². The van der Waals surface area contributed by atoms with Crippen molar-refractivity contribution in [2.75, 3.05) is 0 Å². The van der Waals surface area contributed by atoms with Gasteiger partial charge in [-0.3, -0.25) is 4.79 Å². The summed E-state index contributed by atoms with van der Waals surface area (Å²) in [4.78, 5) is 23.0. The minimum absolute atomic E-state index is 0.0649. The molecule has 0 aliphatic heterocycles. The Kier molecular flexibility index (Phi) is 3.93. The van der Waals surface area contributed by atoms with Crippen LogP contribution in [0.5, 0.6) is 0 Å². The maximum atomic E-state index is 12.0. The van der Waals surface area contributed by atoms with Gasteiger partial charge in [0.05, 0.1) is 0 Å². The third kappa shape index (κ3) is 3.03. The molecule has 1 unspecified atom stereocenters. The summed E-state index contributed by atoms with van der Waals surface area (Å²) in [6.45, 7) is 1.92. The Morgan fingerprint density at radius 2 is 1.89 bits per heavy atom. The van der Waals surface area contributed by atoms with E-state index in [4.69, 9.17) is 5.11 Å². The van der Waals surface area contributed by atoms with Crippen LogP contribution in [0.3, 0.4) is 0 Å². The molecule has 0 spiro atoms. The highest BCUT2D eigenvalue weighted by atomic mass is 16.4. The first-order valence-corrected chi connectivity index (χ1v) is 7.09. The summed E-state index contributed by atoms with van der Waals surface area (Å²) in [6.07, 6.45) is 8.37. The molecule has 4 nitrogen and oxygen atoms in total. The SMILES string of the molecule is CC(CC1CCCCC1)C(=O)NC1(C(=O)O)CC1. The number of aliphatic carboxylic acids is 1. The van der Waals surface area contributed by atoms with Gasteiger partial charge < -0.3 is 10.4 Å². The van der Waals surface area contributed by atoms with Gasteiger partial charge in [0.2, 0.25) is 5.91 Å². The molecule has 18 heavy (non-hydrogen) atoms. The van der Waals surface area contributed by atoms with Gasteiger partial charge in [0.15, 0.2) is 0 Å². The van der Waals surface area contributed by atoms with E-state index in [0.29, 0.717) is 18.8 Å². The Hall–Kier alpha value is -1.06. The molecule has 2 aliphatic rings. The second-order valence-corrected chi connectivity index (χ2v) is 6.02. The third-order valence-corrected chi connectivity index (χ3v) is 4.38. The highest BCUT2D eigenvalue weighted by molar-refractivity contribution is 5.90. The molecule has 0 saturated heterocycles. The zero-order chi connectivity index (χ0) is 13.2. The van der Waals surface area contributed by atoms with Crippen molar-refractivity contribution in [1.29, 1.82) is 0 Å². The van der Waals surface area contributed by atoms with Gasteiger partial charge in [-0.05, 0) is 25.2 Å². The molecule has 102 valence electrons. The smallest absolute Gasteiger partial charge is 0.329 e. The van der Waals surface area contributed by atoms with Crippen LogP contribution < -0.4 is 5.32 Å². The fourth-order valence-electron chi connectivity index (χ4n) is 2.91. The molecule has 2 N–H and O–H groups in total. The number of hydrogen-bond acceptors (Lipinski definition) is 2. The first kappa shape index (κ1) is 13.4. The zero-order valence-corrected chi connectivity index (χ0v) is 11.1. The van der Waals surface area contributed by atoms with Crippen LogP contribution in [-0.4, -0.2) is 22.5 Å². The molecule has 0 aromatic carbocycles. The largest absolute Gasteiger partial charge is 0.480 e. The minimum atomic E-state index is -0.933. The van der Waals surface area contributed by atoms with Gasteiger partial charge in [0, 0.05) is 5.92 Å². The topological polar surface area (TPSA) is 66.4 Å². The molecule has 0 aromatic rings. The van der Waals surface area contributed by atoms with E-state index in [2.05, 4.69) is 5.32 Å². The van der Waals surface area contributed by atoms with E-state index in [0.717, 1.165) is 6.42 Å². The number of carbonyl (C=O) groups is 2. The van der Waals surface area contributed by atoms with Crippen molar-refractivity contribution in [3.63, 3.8) is 0 Å². The highest BCUT2D eigenvalue weighted by Gasteiger charge is 2.51. The Morgan fingerprint density at radius 3 is 2.39 bits per heavy atom. The summed E-state index contributed by atoms with van der Waals surface area (Å²) in [5.41, 5.74) is -0.933. The number of carbonyl (C=O) groups excluding carboxylic acids is 1. The lowest BCUT2D eigenvalue weighted by atomic mass is 9.83. The molecule has 1 atom stereocenters. The van der Waals surface area contributed by atoms with Crippen LogP contribution >= 0.6 is 0 Å². The summed E-state index contributed by atoms with van der Waals surface area (Å²) >= 11 is 0. The summed E-state index contributed by atoms with van der Waals surface area (Å²) in [5, 5.41) is 11.8. The number of rotatable bonds is 5. The monoisotopic (exact) mass is 253 g/mol. The lowest BCUT2D eigenvalue weighted by Crippen LogP contribution is -2.45. The molecule has 2 fully saturated rings. The average molecular weight is 253 g/mol. The molecular formula is C14H23NO3. The van der Waals surface area contributed by atoms with Crippen molar-refractivity contribution in [3.05, 3.63) is 0 Å². The molecule has 2 aliphatic carbocycles. The van der Waals surface area contributed by atoms with Crippen LogP contribution in [0.25, 0.3) is 0 Å². The normalized spacial score (nSPS) is 24.3. The Morgan fingerprint density at radius 1 is 1.28 bits per heavy atom. The Bertz CT molecular complexity index is 330. The van der Waals surface area contributed by atoms with Crippen molar-refractivity contribution in [1.82, 2.24) is 5.32 Å². The van der Waals surface area contributed by atoms with Crippen LogP contribution in [0, 0.1) is 11.8 Å². The summed E-state index contributed by atoms with van der Waals surface area (Å²) in [5.74, 6) is -0.384. The number of hydrogen-bond donors (Lipinski definition) is 2. The quantitative estimate of drug-likeness (QED) is 0.790. The lowest BCUT2D eigenvalue weighted by Gasteiger charge is -2.25. The predicted molar refractivity (Wildman–Crippen MR) is 68.1 cm³/mol. The van der Waals surface area contributed by atoms with E-state index in [-0.39, 0.29) is 11.8 Å². The molecule has 4 heteroatoms. The fourth-order valence-corrected chi connectivity index (χ4v) is 2.91. The summed E-state index contributed by atoms with van der Waals surface area (Å²) in [6, 6.07) is 0. The van der Waals surface area contributed by atoms with Crippen LogP contribution in [0.2, 0.25) is 0 Å². The van der Waals surface area contributed by atoms with Crippen LogP contribution in [0.4, 0.5) is 0 Å². The number of carboxylic acids is 1. The van der Waals surface area contributed by atoms with Crippen molar-refractivity contribution in [2.24, 2.45) is 11.8 Å². The van der Waals surface area contributed by atoms with Crippen molar-refractivity contribution in [3.8, 4) is 0 Å². The average Bonchev–Trinajstić information content (AvgIpc) is 3.11. The number of carboxylic acid groups (broad SMARTS) is 1. The zero-order valence-electron chi connectivity index (χ0n) is 11.1. The summed E-state index contributed by atoms with van der Waals surface area (Å²) in [7, 11) is 0. The Balaban J connectivity index is 1.79. The molecule has 2 saturated carbocycles. The highest BCUT2D eigenvalue weighted by Crippen LogP contribution is 2.36.